The van der Waals surface area contributed by atoms with E-state index in [0.29, 0.717) is 48.0 Å². The molecule has 2 aromatic rings. The topological polar surface area (TPSA) is 101 Å². The summed E-state index contributed by atoms with van der Waals surface area (Å²) in [6, 6.07) is 1.77. The van der Waals surface area contributed by atoms with Crippen molar-refractivity contribution in [3.63, 3.8) is 0 Å². The molecule has 0 unspecified atom stereocenters. The van der Waals surface area contributed by atoms with Crippen molar-refractivity contribution in [2.45, 2.75) is 33.1 Å². The minimum absolute atomic E-state index is 0.0375. The molecule has 0 atom stereocenters. The Hall–Kier alpha value is -2.94. The molecule has 27 heavy (non-hydrogen) atoms. The van der Waals surface area contributed by atoms with Crippen LogP contribution in [0.15, 0.2) is 12.3 Å². The quantitative estimate of drug-likeness (QED) is 0.785. The number of aromatic nitrogens is 3. The van der Waals surface area contributed by atoms with Crippen LogP contribution in [0.1, 0.15) is 44.9 Å². The van der Waals surface area contributed by atoms with E-state index in [1.807, 2.05) is 11.5 Å². The van der Waals surface area contributed by atoms with E-state index in [0.717, 1.165) is 18.9 Å². The Morgan fingerprint density at radius 1 is 1.41 bits per heavy atom. The maximum absolute atomic E-state index is 12.5. The van der Waals surface area contributed by atoms with E-state index >= 15 is 0 Å². The number of hydrogen-bond donors (Lipinski definition) is 2. The van der Waals surface area contributed by atoms with E-state index in [4.69, 9.17) is 4.74 Å². The summed E-state index contributed by atoms with van der Waals surface area (Å²) in [6.45, 7) is 5.58. The highest BCUT2D eigenvalue weighted by molar-refractivity contribution is 5.98. The minimum atomic E-state index is -0.263. The van der Waals surface area contributed by atoms with E-state index in [-0.39, 0.29) is 18.4 Å². The summed E-state index contributed by atoms with van der Waals surface area (Å²) in [7, 11) is 1.53. The third kappa shape index (κ3) is 3.14. The number of ether oxygens (including phenoxy) is 1. The van der Waals surface area contributed by atoms with Gasteiger partial charge in [-0.25, -0.2) is 9.97 Å². The summed E-state index contributed by atoms with van der Waals surface area (Å²) < 4.78 is 7.35. The summed E-state index contributed by atoms with van der Waals surface area (Å²) in [5.41, 5.74) is 2.34. The van der Waals surface area contributed by atoms with Crippen LogP contribution >= 0.6 is 0 Å². The second kappa shape index (κ2) is 6.99. The summed E-state index contributed by atoms with van der Waals surface area (Å²) in [5, 5.41) is 6.08. The van der Waals surface area contributed by atoms with Gasteiger partial charge in [-0.2, -0.15) is 0 Å². The van der Waals surface area contributed by atoms with E-state index in [1.165, 1.54) is 7.11 Å². The Morgan fingerprint density at radius 2 is 2.26 bits per heavy atom. The first-order chi connectivity index (χ1) is 13.1. The molecule has 2 aliphatic rings. The molecule has 0 fully saturated rings. The molecule has 0 aliphatic carbocycles. The number of carbonyl (C=O) groups is 2. The highest BCUT2D eigenvalue weighted by Gasteiger charge is 2.29. The lowest BCUT2D eigenvalue weighted by atomic mass is 10.1. The Bertz CT molecular complexity index is 883. The lowest BCUT2D eigenvalue weighted by Crippen LogP contribution is -2.27. The van der Waals surface area contributed by atoms with Crippen LogP contribution in [0, 0.1) is 0 Å². The predicted molar refractivity (Wildman–Crippen MR) is 96.3 cm³/mol. The standard InChI is InChI=1S/C18H22N6O3/c1-3-23-9-13-12(18(23)26)6-11(17(22-13)27-2)7-20-16(25)14-10-24-5-4-19-8-15(24)21-14/h6,10,19H,3-5,7-9H2,1-2H3,(H,20,25). The van der Waals surface area contributed by atoms with Crippen LogP contribution in [0.4, 0.5) is 0 Å². The maximum atomic E-state index is 12.5. The SMILES string of the molecule is CCN1Cc2nc(OC)c(CNC(=O)c3cn4c(n3)CNCC4)cc2C1=O. The number of imidazole rings is 1. The third-order valence-corrected chi connectivity index (χ3v) is 4.92. The van der Waals surface area contributed by atoms with Crippen LogP contribution in [-0.2, 0) is 26.2 Å². The fourth-order valence-corrected chi connectivity index (χ4v) is 3.43. The van der Waals surface area contributed by atoms with Crippen LogP contribution < -0.4 is 15.4 Å². The summed E-state index contributed by atoms with van der Waals surface area (Å²) >= 11 is 0. The number of methoxy groups -OCH3 is 1. The van der Waals surface area contributed by atoms with Gasteiger partial charge in [0, 0.05) is 37.9 Å². The van der Waals surface area contributed by atoms with E-state index < -0.39 is 0 Å². The van der Waals surface area contributed by atoms with Crippen molar-refractivity contribution in [1.29, 1.82) is 0 Å². The van der Waals surface area contributed by atoms with Crippen molar-refractivity contribution >= 4 is 11.8 Å². The highest BCUT2D eigenvalue weighted by atomic mass is 16.5. The molecule has 2 amide bonds. The Labute approximate surface area is 156 Å². The zero-order chi connectivity index (χ0) is 19.0. The van der Waals surface area contributed by atoms with Crippen molar-refractivity contribution in [2.24, 2.45) is 0 Å². The summed E-state index contributed by atoms with van der Waals surface area (Å²) in [6.07, 6.45) is 1.77. The second-order valence-electron chi connectivity index (χ2n) is 6.57. The average molecular weight is 370 g/mol. The number of carbonyl (C=O) groups excluding carboxylic acids is 2. The Morgan fingerprint density at radius 3 is 3.00 bits per heavy atom. The first kappa shape index (κ1) is 17.5. The van der Waals surface area contributed by atoms with Crippen LogP contribution in [0.5, 0.6) is 5.88 Å². The molecule has 0 bridgehead atoms. The molecule has 4 rings (SSSR count). The van der Waals surface area contributed by atoms with Gasteiger partial charge in [-0.05, 0) is 13.0 Å². The maximum Gasteiger partial charge on any atom is 0.271 e. The molecule has 2 aliphatic heterocycles. The number of fused-ring (bicyclic) bond motifs is 2. The van der Waals surface area contributed by atoms with Gasteiger partial charge in [0.05, 0.1) is 31.5 Å². The number of nitrogens with zero attached hydrogens (tertiary/aromatic N) is 4. The van der Waals surface area contributed by atoms with Gasteiger partial charge in [-0.15, -0.1) is 0 Å². The van der Waals surface area contributed by atoms with E-state index in [2.05, 4.69) is 20.6 Å². The summed E-state index contributed by atoms with van der Waals surface area (Å²) in [4.78, 5) is 35.4. The fraction of sp³-hybridized carbons (Fsp3) is 0.444. The van der Waals surface area contributed by atoms with Crippen LogP contribution in [0.3, 0.4) is 0 Å². The van der Waals surface area contributed by atoms with Gasteiger partial charge in [-0.1, -0.05) is 0 Å². The number of rotatable bonds is 5. The lowest BCUT2D eigenvalue weighted by Gasteiger charge is -2.13. The first-order valence-corrected chi connectivity index (χ1v) is 9.01. The minimum Gasteiger partial charge on any atom is -0.481 e. The monoisotopic (exact) mass is 370 g/mol. The Kier molecular flexibility index (Phi) is 4.53. The van der Waals surface area contributed by atoms with Gasteiger partial charge in [-0.3, -0.25) is 9.59 Å². The van der Waals surface area contributed by atoms with Crippen molar-refractivity contribution < 1.29 is 14.3 Å². The average Bonchev–Trinajstić information content (AvgIpc) is 3.26. The lowest BCUT2D eigenvalue weighted by molar-refractivity contribution is 0.0786. The molecular formula is C18H22N6O3. The van der Waals surface area contributed by atoms with Gasteiger partial charge in [0.25, 0.3) is 11.8 Å². The first-order valence-electron chi connectivity index (χ1n) is 9.01. The van der Waals surface area contributed by atoms with Gasteiger partial charge >= 0.3 is 0 Å². The van der Waals surface area contributed by atoms with Crippen molar-refractivity contribution in [2.75, 3.05) is 20.2 Å². The van der Waals surface area contributed by atoms with Gasteiger partial charge in [0.15, 0.2) is 0 Å². The fourth-order valence-electron chi connectivity index (χ4n) is 3.43. The van der Waals surface area contributed by atoms with E-state index in [1.54, 1.807) is 17.2 Å². The van der Waals surface area contributed by atoms with Gasteiger partial charge < -0.3 is 24.8 Å². The van der Waals surface area contributed by atoms with Crippen LogP contribution in [0.2, 0.25) is 0 Å². The van der Waals surface area contributed by atoms with E-state index in [9.17, 15) is 9.59 Å². The molecule has 2 aromatic heterocycles. The second-order valence-corrected chi connectivity index (χ2v) is 6.57. The number of pyridine rings is 1. The van der Waals surface area contributed by atoms with Crippen LogP contribution in [-0.4, -0.2) is 51.4 Å². The molecule has 0 saturated heterocycles. The number of hydrogen-bond acceptors (Lipinski definition) is 6. The molecular weight excluding hydrogens is 348 g/mol. The molecule has 0 radical (unpaired) electrons. The zero-order valence-corrected chi connectivity index (χ0v) is 15.4. The van der Waals surface area contributed by atoms with Crippen molar-refractivity contribution in [3.05, 3.63) is 40.6 Å². The smallest absolute Gasteiger partial charge is 0.271 e. The third-order valence-electron chi connectivity index (χ3n) is 4.92. The predicted octanol–water partition coefficient (Wildman–Crippen LogP) is 0.296. The Balaban J connectivity index is 1.51. The number of amides is 2. The summed E-state index contributed by atoms with van der Waals surface area (Å²) in [5.74, 6) is 0.979. The normalized spacial score (nSPS) is 15.5. The van der Waals surface area contributed by atoms with Crippen molar-refractivity contribution in [1.82, 2.24) is 30.1 Å². The molecule has 2 N–H and O–H groups in total. The number of nitrogens with one attached hydrogen (secondary N) is 2. The van der Waals surface area contributed by atoms with Gasteiger partial charge in [0.2, 0.25) is 5.88 Å². The van der Waals surface area contributed by atoms with Crippen molar-refractivity contribution in [3.8, 4) is 5.88 Å². The highest BCUT2D eigenvalue weighted by Crippen LogP contribution is 2.27. The molecule has 142 valence electrons. The van der Waals surface area contributed by atoms with Gasteiger partial charge in [0.1, 0.15) is 11.5 Å². The molecule has 0 saturated carbocycles. The molecule has 4 heterocycles. The molecule has 0 aromatic carbocycles. The largest absolute Gasteiger partial charge is 0.481 e. The molecule has 0 spiro atoms. The zero-order valence-electron chi connectivity index (χ0n) is 15.4. The molecule has 9 nitrogen and oxygen atoms in total. The molecule has 9 heteroatoms. The van der Waals surface area contributed by atoms with Crippen LogP contribution in [0.25, 0.3) is 0 Å².